The van der Waals surface area contributed by atoms with Gasteiger partial charge in [0.1, 0.15) is 0 Å². The number of morpholine rings is 1. The van der Waals surface area contributed by atoms with Crippen LogP contribution in [0.2, 0.25) is 0 Å². The molecule has 0 saturated carbocycles. The molecular weight excluding hydrogens is 322 g/mol. The molecule has 0 radical (unpaired) electrons. The topological polar surface area (TPSA) is 31.5 Å². The normalized spacial score (nSPS) is 15.8. The average Bonchev–Trinajstić information content (AvgIpc) is 3.12. The molecular formula is C22H27N3O. The second-order valence-corrected chi connectivity index (χ2v) is 7.28. The third-order valence-corrected chi connectivity index (χ3v) is 5.06. The van der Waals surface area contributed by atoms with Crippen LogP contribution in [0.5, 0.6) is 0 Å². The monoisotopic (exact) mass is 349 g/mol. The molecule has 4 heteroatoms. The van der Waals surface area contributed by atoms with Crippen LogP contribution in [0.25, 0.3) is 10.9 Å². The first-order valence-corrected chi connectivity index (χ1v) is 9.39. The van der Waals surface area contributed by atoms with E-state index in [1.807, 2.05) is 6.20 Å². The van der Waals surface area contributed by atoms with E-state index in [4.69, 9.17) is 4.74 Å². The Balaban J connectivity index is 1.32. The van der Waals surface area contributed by atoms with E-state index in [9.17, 15) is 0 Å². The summed E-state index contributed by atoms with van der Waals surface area (Å²) in [7, 11) is 2.18. The molecule has 0 bridgehead atoms. The molecule has 4 nitrogen and oxygen atoms in total. The summed E-state index contributed by atoms with van der Waals surface area (Å²) in [5.41, 5.74) is 5.30. The summed E-state index contributed by atoms with van der Waals surface area (Å²) in [6.07, 6.45) is 2.00. The van der Waals surface area contributed by atoms with Crippen LogP contribution in [0.4, 0.5) is 0 Å². The Morgan fingerprint density at radius 3 is 2.42 bits per heavy atom. The van der Waals surface area contributed by atoms with E-state index in [1.54, 1.807) is 0 Å². The van der Waals surface area contributed by atoms with E-state index in [0.29, 0.717) is 0 Å². The standard InChI is InChI=1S/C22H27N3O/c1-24(16-20-6-7-21-8-9-23-22(21)14-20)15-18-2-4-19(5-3-18)17-25-10-12-26-13-11-25/h2-9,14,23H,10-13,15-17H2,1H3. The van der Waals surface area contributed by atoms with E-state index >= 15 is 0 Å². The molecule has 1 N–H and O–H groups in total. The number of H-pyrrole nitrogens is 1. The Bertz CT molecular complexity index is 834. The molecule has 0 amide bonds. The molecule has 1 aliphatic heterocycles. The summed E-state index contributed by atoms with van der Waals surface area (Å²) in [5, 5.41) is 1.27. The quantitative estimate of drug-likeness (QED) is 0.737. The Kier molecular flexibility index (Phi) is 5.34. The molecule has 0 spiro atoms. The number of fused-ring (bicyclic) bond motifs is 1. The van der Waals surface area contributed by atoms with Crippen LogP contribution in [0.1, 0.15) is 16.7 Å². The molecule has 1 saturated heterocycles. The van der Waals surface area contributed by atoms with Gasteiger partial charge < -0.3 is 9.72 Å². The molecule has 0 aliphatic carbocycles. The zero-order valence-electron chi connectivity index (χ0n) is 15.4. The smallest absolute Gasteiger partial charge is 0.0594 e. The lowest BCUT2D eigenvalue weighted by Gasteiger charge is -2.26. The molecule has 4 rings (SSSR count). The van der Waals surface area contributed by atoms with Gasteiger partial charge in [-0.25, -0.2) is 0 Å². The van der Waals surface area contributed by atoms with Gasteiger partial charge in [0, 0.05) is 44.4 Å². The second kappa shape index (κ2) is 8.04. The van der Waals surface area contributed by atoms with Crippen molar-refractivity contribution in [2.45, 2.75) is 19.6 Å². The number of aromatic nitrogens is 1. The van der Waals surface area contributed by atoms with Gasteiger partial charge in [0.25, 0.3) is 0 Å². The Labute approximate surface area is 155 Å². The van der Waals surface area contributed by atoms with Crippen molar-refractivity contribution in [3.63, 3.8) is 0 Å². The summed E-state index contributed by atoms with van der Waals surface area (Å²) in [6, 6.07) is 17.8. The van der Waals surface area contributed by atoms with Gasteiger partial charge in [-0.1, -0.05) is 36.4 Å². The number of hydrogen-bond acceptors (Lipinski definition) is 3. The van der Waals surface area contributed by atoms with Crippen molar-refractivity contribution in [1.82, 2.24) is 14.8 Å². The predicted octanol–water partition coefficient (Wildman–Crippen LogP) is 3.63. The van der Waals surface area contributed by atoms with Crippen LogP contribution in [0.15, 0.2) is 54.7 Å². The molecule has 2 aromatic carbocycles. The van der Waals surface area contributed by atoms with E-state index in [0.717, 1.165) is 45.9 Å². The first-order chi connectivity index (χ1) is 12.8. The van der Waals surface area contributed by atoms with Crippen molar-refractivity contribution in [3.8, 4) is 0 Å². The fraction of sp³-hybridized carbons (Fsp3) is 0.364. The number of hydrogen-bond donors (Lipinski definition) is 1. The van der Waals surface area contributed by atoms with E-state index in [1.165, 1.54) is 27.6 Å². The summed E-state index contributed by atoms with van der Waals surface area (Å²) in [5.74, 6) is 0. The lowest BCUT2D eigenvalue weighted by atomic mass is 10.1. The van der Waals surface area contributed by atoms with Crippen molar-refractivity contribution < 1.29 is 4.74 Å². The minimum Gasteiger partial charge on any atom is -0.379 e. The van der Waals surface area contributed by atoms with Gasteiger partial charge in [0.05, 0.1) is 13.2 Å². The number of ether oxygens (including phenoxy) is 1. The van der Waals surface area contributed by atoms with Crippen LogP contribution < -0.4 is 0 Å². The highest BCUT2D eigenvalue weighted by atomic mass is 16.5. The molecule has 1 fully saturated rings. The average molecular weight is 349 g/mol. The molecule has 26 heavy (non-hydrogen) atoms. The summed E-state index contributed by atoms with van der Waals surface area (Å²) >= 11 is 0. The molecule has 1 aromatic heterocycles. The van der Waals surface area contributed by atoms with Crippen LogP contribution in [-0.2, 0) is 24.4 Å². The molecule has 0 atom stereocenters. The maximum absolute atomic E-state index is 5.42. The number of nitrogens with one attached hydrogen (secondary N) is 1. The SMILES string of the molecule is CN(Cc1ccc(CN2CCOCC2)cc1)Cc1ccc2cc[nH]c2c1. The summed E-state index contributed by atoms with van der Waals surface area (Å²) in [4.78, 5) is 8.11. The Hall–Kier alpha value is -2.14. The minimum absolute atomic E-state index is 0.858. The zero-order valence-corrected chi connectivity index (χ0v) is 15.4. The van der Waals surface area contributed by atoms with Crippen LogP contribution in [0.3, 0.4) is 0 Å². The maximum Gasteiger partial charge on any atom is 0.0594 e. The molecule has 1 aliphatic rings. The molecule has 0 unspecified atom stereocenters. The predicted molar refractivity (Wildman–Crippen MR) is 106 cm³/mol. The molecule has 2 heterocycles. The zero-order chi connectivity index (χ0) is 17.8. The van der Waals surface area contributed by atoms with Gasteiger partial charge >= 0.3 is 0 Å². The third kappa shape index (κ3) is 4.33. The van der Waals surface area contributed by atoms with Gasteiger partial charge in [0.2, 0.25) is 0 Å². The van der Waals surface area contributed by atoms with Gasteiger partial charge in [-0.05, 0) is 41.3 Å². The maximum atomic E-state index is 5.42. The van der Waals surface area contributed by atoms with Gasteiger partial charge in [-0.15, -0.1) is 0 Å². The second-order valence-electron chi connectivity index (χ2n) is 7.28. The first kappa shape index (κ1) is 17.3. The van der Waals surface area contributed by atoms with Crippen LogP contribution >= 0.6 is 0 Å². The minimum atomic E-state index is 0.858. The van der Waals surface area contributed by atoms with Crippen molar-refractivity contribution in [3.05, 3.63) is 71.4 Å². The molecule has 136 valence electrons. The van der Waals surface area contributed by atoms with Gasteiger partial charge in [-0.2, -0.15) is 0 Å². The highest BCUT2D eigenvalue weighted by Crippen LogP contribution is 2.16. The van der Waals surface area contributed by atoms with E-state index in [2.05, 4.69) is 70.4 Å². The van der Waals surface area contributed by atoms with E-state index < -0.39 is 0 Å². The molecule has 3 aromatic rings. The Morgan fingerprint density at radius 1 is 0.923 bits per heavy atom. The largest absolute Gasteiger partial charge is 0.379 e. The van der Waals surface area contributed by atoms with Crippen molar-refractivity contribution in [2.24, 2.45) is 0 Å². The fourth-order valence-corrected chi connectivity index (χ4v) is 3.64. The highest BCUT2D eigenvalue weighted by Gasteiger charge is 2.10. The van der Waals surface area contributed by atoms with Gasteiger partial charge in [-0.3, -0.25) is 9.80 Å². The Morgan fingerprint density at radius 2 is 1.62 bits per heavy atom. The fourth-order valence-electron chi connectivity index (χ4n) is 3.64. The van der Waals surface area contributed by atoms with Gasteiger partial charge in [0.15, 0.2) is 0 Å². The first-order valence-electron chi connectivity index (χ1n) is 9.39. The van der Waals surface area contributed by atoms with Crippen molar-refractivity contribution in [1.29, 1.82) is 0 Å². The third-order valence-electron chi connectivity index (χ3n) is 5.06. The number of aromatic amines is 1. The lowest BCUT2D eigenvalue weighted by Crippen LogP contribution is -2.35. The summed E-state index contributed by atoms with van der Waals surface area (Å²) in [6.45, 7) is 6.72. The van der Waals surface area contributed by atoms with Crippen LogP contribution in [-0.4, -0.2) is 48.1 Å². The van der Waals surface area contributed by atoms with E-state index in [-0.39, 0.29) is 0 Å². The number of benzene rings is 2. The number of nitrogens with zero attached hydrogens (tertiary/aromatic N) is 2. The van der Waals surface area contributed by atoms with Crippen molar-refractivity contribution in [2.75, 3.05) is 33.4 Å². The van der Waals surface area contributed by atoms with Crippen LogP contribution in [0, 0.1) is 0 Å². The number of rotatable bonds is 6. The highest BCUT2D eigenvalue weighted by molar-refractivity contribution is 5.79. The van der Waals surface area contributed by atoms with Crippen molar-refractivity contribution >= 4 is 10.9 Å². The lowest BCUT2D eigenvalue weighted by molar-refractivity contribution is 0.0342. The summed E-state index contributed by atoms with van der Waals surface area (Å²) < 4.78 is 5.42.